The van der Waals surface area contributed by atoms with Crippen molar-refractivity contribution in [3.05, 3.63) is 23.9 Å². The molecule has 20 heavy (non-hydrogen) atoms. The summed E-state index contributed by atoms with van der Waals surface area (Å²) in [5.74, 6) is -2.06. The van der Waals surface area contributed by atoms with Crippen molar-refractivity contribution in [3.63, 3.8) is 0 Å². The number of aromatic nitrogens is 1. The van der Waals surface area contributed by atoms with Gasteiger partial charge in [0.25, 0.3) is 0 Å². The first kappa shape index (κ1) is 14.0. The van der Waals surface area contributed by atoms with E-state index in [-0.39, 0.29) is 29.6 Å². The number of nitrogens with one attached hydrogen (secondary N) is 1. The highest BCUT2D eigenvalue weighted by Crippen LogP contribution is 2.20. The Kier molecular flexibility index (Phi) is 3.97. The number of hydrogen-bond donors (Lipinski definition) is 2. The van der Waals surface area contributed by atoms with Crippen molar-refractivity contribution < 1.29 is 19.5 Å². The number of pyridine rings is 1. The van der Waals surface area contributed by atoms with Crippen molar-refractivity contribution in [2.24, 2.45) is 5.92 Å². The van der Waals surface area contributed by atoms with Gasteiger partial charge in [-0.1, -0.05) is 0 Å². The van der Waals surface area contributed by atoms with Gasteiger partial charge in [-0.3, -0.25) is 9.59 Å². The Morgan fingerprint density at radius 2 is 2.30 bits per heavy atom. The molecule has 1 fully saturated rings. The molecule has 2 amide bonds. The lowest BCUT2D eigenvalue weighted by atomic mass is 10.1. The van der Waals surface area contributed by atoms with Gasteiger partial charge in [0, 0.05) is 25.7 Å². The lowest BCUT2D eigenvalue weighted by Crippen LogP contribution is -2.28. The molecule has 1 unspecified atom stereocenters. The minimum absolute atomic E-state index is 0.00685. The summed E-state index contributed by atoms with van der Waals surface area (Å²) < 4.78 is 0. The molecule has 7 nitrogen and oxygen atoms in total. The van der Waals surface area contributed by atoms with E-state index in [2.05, 4.69) is 10.3 Å². The second-order valence-corrected chi connectivity index (χ2v) is 4.53. The van der Waals surface area contributed by atoms with Crippen LogP contribution in [0.5, 0.6) is 0 Å². The summed E-state index contributed by atoms with van der Waals surface area (Å²) in [6.45, 7) is 2.77. The minimum Gasteiger partial charge on any atom is -0.478 e. The summed E-state index contributed by atoms with van der Waals surface area (Å²) in [6, 6.07) is 2.85. The molecule has 0 saturated carbocycles. The predicted molar refractivity (Wildman–Crippen MR) is 70.2 cm³/mol. The molecule has 1 aromatic heterocycles. The third kappa shape index (κ3) is 2.76. The molecular formula is C13H15N3O4. The summed E-state index contributed by atoms with van der Waals surface area (Å²) in [6.07, 6.45) is 1.55. The molecule has 1 aliphatic heterocycles. The Labute approximate surface area is 115 Å². The SMILES string of the molecule is CCN1CC(C(=O)Nc2ncccc2C(=O)O)CC1=O. The molecule has 0 aromatic carbocycles. The van der Waals surface area contributed by atoms with E-state index in [0.29, 0.717) is 13.1 Å². The van der Waals surface area contributed by atoms with Gasteiger partial charge < -0.3 is 15.3 Å². The predicted octanol–water partition coefficient (Wildman–Crippen LogP) is 0.587. The van der Waals surface area contributed by atoms with Crippen LogP contribution in [0.15, 0.2) is 18.3 Å². The van der Waals surface area contributed by atoms with Crippen molar-refractivity contribution in [3.8, 4) is 0 Å². The van der Waals surface area contributed by atoms with Crippen LogP contribution < -0.4 is 5.32 Å². The Bertz CT molecular complexity index is 558. The van der Waals surface area contributed by atoms with Crippen LogP contribution in [-0.4, -0.2) is 45.9 Å². The molecule has 1 aliphatic rings. The number of hydrogen-bond acceptors (Lipinski definition) is 4. The van der Waals surface area contributed by atoms with E-state index in [4.69, 9.17) is 5.11 Å². The number of amides is 2. The molecule has 2 heterocycles. The normalized spacial score (nSPS) is 18.1. The first-order chi connectivity index (χ1) is 9.52. The zero-order valence-electron chi connectivity index (χ0n) is 11.0. The number of rotatable bonds is 4. The number of likely N-dealkylation sites (tertiary alicyclic amines) is 1. The van der Waals surface area contributed by atoms with Gasteiger partial charge in [-0.05, 0) is 19.1 Å². The fourth-order valence-corrected chi connectivity index (χ4v) is 2.15. The van der Waals surface area contributed by atoms with E-state index in [1.807, 2.05) is 6.92 Å². The molecule has 7 heteroatoms. The van der Waals surface area contributed by atoms with E-state index in [1.165, 1.54) is 18.3 Å². The van der Waals surface area contributed by atoms with Crippen LogP contribution in [0.1, 0.15) is 23.7 Å². The van der Waals surface area contributed by atoms with Crippen LogP contribution in [0.4, 0.5) is 5.82 Å². The Balaban J connectivity index is 2.10. The largest absolute Gasteiger partial charge is 0.478 e. The van der Waals surface area contributed by atoms with Crippen LogP contribution in [0.2, 0.25) is 0 Å². The number of carboxylic acid groups (broad SMARTS) is 1. The maximum Gasteiger partial charge on any atom is 0.339 e. The zero-order chi connectivity index (χ0) is 14.7. The van der Waals surface area contributed by atoms with Gasteiger partial charge >= 0.3 is 5.97 Å². The molecule has 1 saturated heterocycles. The van der Waals surface area contributed by atoms with Crippen molar-refractivity contribution in [2.75, 3.05) is 18.4 Å². The van der Waals surface area contributed by atoms with Crippen molar-refractivity contribution in [1.29, 1.82) is 0 Å². The summed E-state index contributed by atoms with van der Waals surface area (Å²) >= 11 is 0. The fraction of sp³-hybridized carbons (Fsp3) is 0.385. The molecule has 2 N–H and O–H groups in total. The second kappa shape index (κ2) is 5.68. The molecule has 1 atom stereocenters. The maximum absolute atomic E-state index is 12.1. The molecule has 0 radical (unpaired) electrons. The van der Waals surface area contributed by atoms with Gasteiger partial charge in [-0.15, -0.1) is 0 Å². The van der Waals surface area contributed by atoms with E-state index >= 15 is 0 Å². The summed E-state index contributed by atoms with van der Waals surface area (Å²) in [4.78, 5) is 40.1. The summed E-state index contributed by atoms with van der Waals surface area (Å²) in [5, 5.41) is 11.5. The molecule has 0 spiro atoms. The third-order valence-corrected chi connectivity index (χ3v) is 3.25. The van der Waals surface area contributed by atoms with E-state index in [0.717, 1.165) is 0 Å². The minimum atomic E-state index is -1.16. The second-order valence-electron chi connectivity index (χ2n) is 4.53. The van der Waals surface area contributed by atoms with Gasteiger partial charge in [0.05, 0.1) is 5.92 Å². The van der Waals surface area contributed by atoms with E-state index in [1.54, 1.807) is 4.90 Å². The average molecular weight is 277 g/mol. The highest BCUT2D eigenvalue weighted by Gasteiger charge is 2.33. The van der Waals surface area contributed by atoms with E-state index < -0.39 is 11.9 Å². The van der Waals surface area contributed by atoms with Gasteiger partial charge in [0.2, 0.25) is 11.8 Å². The molecule has 1 aromatic rings. The zero-order valence-corrected chi connectivity index (χ0v) is 11.0. The topological polar surface area (TPSA) is 99.6 Å². The smallest absolute Gasteiger partial charge is 0.339 e. The van der Waals surface area contributed by atoms with Crippen LogP contribution in [0.3, 0.4) is 0 Å². The molecular weight excluding hydrogens is 262 g/mol. The van der Waals surface area contributed by atoms with Crippen molar-refractivity contribution in [2.45, 2.75) is 13.3 Å². The highest BCUT2D eigenvalue weighted by atomic mass is 16.4. The van der Waals surface area contributed by atoms with Gasteiger partial charge in [-0.2, -0.15) is 0 Å². The van der Waals surface area contributed by atoms with Crippen LogP contribution in [0, 0.1) is 5.92 Å². The number of anilines is 1. The first-order valence-electron chi connectivity index (χ1n) is 6.30. The van der Waals surface area contributed by atoms with Gasteiger partial charge in [-0.25, -0.2) is 9.78 Å². The van der Waals surface area contributed by atoms with E-state index in [9.17, 15) is 14.4 Å². The lowest BCUT2D eigenvalue weighted by molar-refractivity contribution is -0.128. The van der Waals surface area contributed by atoms with Gasteiger partial charge in [0.1, 0.15) is 11.4 Å². The monoisotopic (exact) mass is 277 g/mol. The van der Waals surface area contributed by atoms with Crippen LogP contribution >= 0.6 is 0 Å². The summed E-state index contributed by atoms with van der Waals surface area (Å²) in [7, 11) is 0. The summed E-state index contributed by atoms with van der Waals surface area (Å²) in [5.41, 5.74) is -0.0717. The highest BCUT2D eigenvalue weighted by molar-refractivity contribution is 6.01. The Morgan fingerprint density at radius 3 is 2.90 bits per heavy atom. The lowest BCUT2D eigenvalue weighted by Gasteiger charge is -2.13. The Morgan fingerprint density at radius 1 is 1.55 bits per heavy atom. The van der Waals surface area contributed by atoms with Crippen molar-refractivity contribution in [1.82, 2.24) is 9.88 Å². The van der Waals surface area contributed by atoms with Crippen LogP contribution in [-0.2, 0) is 9.59 Å². The number of carbonyl (C=O) groups excluding carboxylic acids is 2. The van der Waals surface area contributed by atoms with Crippen LogP contribution in [0.25, 0.3) is 0 Å². The number of carboxylic acids is 1. The first-order valence-corrected chi connectivity index (χ1v) is 6.30. The fourth-order valence-electron chi connectivity index (χ4n) is 2.15. The number of carbonyl (C=O) groups is 3. The maximum atomic E-state index is 12.1. The van der Waals surface area contributed by atoms with Gasteiger partial charge in [0.15, 0.2) is 0 Å². The standard InChI is InChI=1S/C13H15N3O4/c1-2-16-7-8(6-10(16)17)12(18)15-11-9(13(19)20)4-3-5-14-11/h3-5,8H,2,6-7H2,1H3,(H,19,20)(H,14,15,18). The molecule has 0 bridgehead atoms. The number of aromatic carboxylic acids is 1. The molecule has 0 aliphatic carbocycles. The number of nitrogens with zero attached hydrogens (tertiary/aromatic N) is 2. The average Bonchev–Trinajstić information content (AvgIpc) is 2.80. The molecule has 2 rings (SSSR count). The molecule has 106 valence electrons. The third-order valence-electron chi connectivity index (χ3n) is 3.25. The van der Waals surface area contributed by atoms with Crippen molar-refractivity contribution >= 4 is 23.6 Å². The quantitative estimate of drug-likeness (QED) is 0.839. The Hall–Kier alpha value is -2.44.